The molecule has 3 N–H and O–H groups in total. The van der Waals surface area contributed by atoms with Crippen molar-refractivity contribution in [3.05, 3.63) is 72.3 Å². The fourth-order valence-electron chi connectivity index (χ4n) is 2.74. The molecule has 0 aliphatic rings. The smallest absolute Gasteiger partial charge is 0.321 e. The molecule has 0 radical (unpaired) electrons. The first-order valence-electron chi connectivity index (χ1n) is 9.22. The van der Waals surface area contributed by atoms with E-state index in [2.05, 4.69) is 28.2 Å². The normalized spacial score (nSPS) is 12.5. The highest BCUT2D eigenvalue weighted by molar-refractivity contribution is 8.12. The van der Waals surface area contributed by atoms with Crippen LogP contribution in [0.3, 0.4) is 0 Å². The molecule has 32 heavy (non-hydrogen) atoms. The molecule has 2 heterocycles. The molecule has 0 aliphatic carbocycles. The number of nitrogens with zero attached hydrogens (tertiary/aromatic N) is 3. The fraction of sp³-hybridized carbons (Fsp3) is 0.105. The van der Waals surface area contributed by atoms with E-state index < -0.39 is 31.3 Å². The van der Waals surface area contributed by atoms with Gasteiger partial charge in [0.15, 0.2) is 11.2 Å². The molecular weight excluding hydrogens is 472 g/mol. The number of hydrogen-bond donors (Lipinski definition) is 3. The Morgan fingerprint density at radius 2 is 1.25 bits per heavy atom. The summed E-state index contributed by atoms with van der Waals surface area (Å²) in [7, 11) is -8.19. The van der Waals surface area contributed by atoms with Crippen LogP contribution in [-0.4, -0.2) is 36.8 Å². The summed E-state index contributed by atoms with van der Waals surface area (Å²) in [5.74, 6) is 0. The van der Waals surface area contributed by atoms with E-state index in [1.807, 2.05) is 13.8 Å². The number of aromatic amines is 1. The van der Waals surface area contributed by atoms with Gasteiger partial charge >= 0.3 is 5.03 Å². The van der Waals surface area contributed by atoms with Crippen LogP contribution in [0.1, 0.15) is 11.1 Å². The molecule has 0 amide bonds. The molecule has 0 atom stereocenters. The second kappa shape index (κ2) is 8.60. The molecule has 0 saturated heterocycles. The molecule has 4 rings (SSSR count). The SMILES string of the molecule is Cc1ccc(S(=O)(=O)N[S+](NS(=O)(=O)c2ccc(C)cc2)c2ncnc3nc[nH]c23)cc1. The largest absolute Gasteiger partial charge is 0.338 e. The Bertz CT molecular complexity index is 1390. The number of sulfonamides is 2. The Balaban J connectivity index is 1.77. The maximum absolute atomic E-state index is 13.1. The van der Waals surface area contributed by atoms with Crippen molar-refractivity contribution in [3.8, 4) is 0 Å². The van der Waals surface area contributed by atoms with E-state index in [0.717, 1.165) is 11.1 Å². The van der Waals surface area contributed by atoms with Gasteiger partial charge in [-0.1, -0.05) is 35.4 Å². The summed E-state index contributed by atoms with van der Waals surface area (Å²) < 4.78 is 57.1. The zero-order valence-corrected chi connectivity index (χ0v) is 19.4. The molecule has 0 saturated carbocycles. The highest BCUT2D eigenvalue weighted by atomic mass is 32.3. The molecule has 4 aromatic rings. The first-order chi connectivity index (χ1) is 15.2. The van der Waals surface area contributed by atoms with E-state index in [4.69, 9.17) is 0 Å². The Kier molecular flexibility index (Phi) is 6.01. The standard InChI is InChI=1S/C19H18N6O4S3/c1-13-3-7-15(8-4-13)31(26,27)24-30(19-17-18(21-11-20-17)22-12-23-19)25-32(28,29)16-9-5-14(2)6-10-16/h3-12H,1-2H3,(H,24,25)(H,20,21,22,23)/p+1. The van der Waals surface area contributed by atoms with Gasteiger partial charge in [0.1, 0.15) is 6.33 Å². The van der Waals surface area contributed by atoms with Crippen molar-refractivity contribution in [2.24, 2.45) is 0 Å². The predicted molar refractivity (Wildman–Crippen MR) is 120 cm³/mol. The summed E-state index contributed by atoms with van der Waals surface area (Å²) in [5, 5.41) is 0.110. The number of hydrogen-bond acceptors (Lipinski definition) is 7. The van der Waals surface area contributed by atoms with Crippen LogP contribution in [-0.2, 0) is 31.3 Å². The second-order valence-electron chi connectivity index (χ2n) is 6.89. The molecule has 0 aliphatic heterocycles. The number of aryl methyl sites for hydroxylation is 2. The molecule has 0 fully saturated rings. The molecular formula is C19H19N6O4S3+. The van der Waals surface area contributed by atoms with Crippen LogP contribution < -0.4 is 8.25 Å². The van der Waals surface area contributed by atoms with Gasteiger partial charge in [-0.15, -0.1) is 0 Å². The van der Waals surface area contributed by atoms with E-state index >= 15 is 0 Å². The quantitative estimate of drug-likeness (QED) is 0.263. The van der Waals surface area contributed by atoms with Crippen LogP contribution in [0.15, 0.2) is 76.0 Å². The Morgan fingerprint density at radius 1 is 0.750 bits per heavy atom. The van der Waals surface area contributed by atoms with E-state index in [9.17, 15) is 16.8 Å². The van der Waals surface area contributed by atoms with Crippen molar-refractivity contribution < 1.29 is 16.8 Å². The Labute approximate surface area is 188 Å². The van der Waals surface area contributed by atoms with Gasteiger partial charge in [-0.3, -0.25) is 0 Å². The van der Waals surface area contributed by atoms with E-state index in [1.54, 1.807) is 24.3 Å². The van der Waals surface area contributed by atoms with Crippen molar-refractivity contribution in [2.45, 2.75) is 28.7 Å². The van der Waals surface area contributed by atoms with Gasteiger partial charge in [-0.2, -0.15) is 4.98 Å². The molecule has 0 spiro atoms. The van der Waals surface area contributed by atoms with Crippen molar-refractivity contribution >= 4 is 42.5 Å². The monoisotopic (exact) mass is 491 g/mol. The lowest BCUT2D eigenvalue weighted by Crippen LogP contribution is -2.43. The number of H-pyrrole nitrogens is 1. The molecule has 166 valence electrons. The zero-order chi connectivity index (χ0) is 22.9. The van der Waals surface area contributed by atoms with Crippen molar-refractivity contribution in [3.63, 3.8) is 0 Å². The lowest BCUT2D eigenvalue weighted by molar-refractivity contribution is 0.593. The lowest BCUT2D eigenvalue weighted by atomic mass is 10.2. The van der Waals surface area contributed by atoms with Crippen LogP contribution in [0.25, 0.3) is 11.2 Å². The van der Waals surface area contributed by atoms with Gasteiger partial charge in [0.05, 0.1) is 16.1 Å². The van der Waals surface area contributed by atoms with Gasteiger partial charge in [0.25, 0.3) is 31.3 Å². The number of aromatic nitrogens is 4. The maximum atomic E-state index is 13.1. The third-order valence-electron chi connectivity index (χ3n) is 4.43. The number of benzene rings is 2. The van der Waals surface area contributed by atoms with E-state index in [0.29, 0.717) is 5.52 Å². The van der Waals surface area contributed by atoms with Crippen LogP contribution in [0.4, 0.5) is 0 Å². The van der Waals surface area contributed by atoms with Crippen molar-refractivity contribution in [1.82, 2.24) is 28.2 Å². The van der Waals surface area contributed by atoms with E-state index in [-0.39, 0.29) is 20.5 Å². The summed E-state index contributed by atoms with van der Waals surface area (Å²) in [4.78, 5) is 15.0. The number of fused-ring (bicyclic) bond motifs is 1. The predicted octanol–water partition coefficient (Wildman–Crippen LogP) is 1.73. The average Bonchev–Trinajstić information content (AvgIpc) is 3.22. The van der Waals surface area contributed by atoms with Crippen molar-refractivity contribution in [1.29, 1.82) is 0 Å². The number of nitrogens with one attached hydrogen (secondary N) is 3. The van der Waals surface area contributed by atoms with Crippen LogP contribution in [0.5, 0.6) is 0 Å². The third kappa shape index (κ3) is 4.66. The van der Waals surface area contributed by atoms with Crippen molar-refractivity contribution in [2.75, 3.05) is 0 Å². The Morgan fingerprint density at radius 3 is 1.75 bits per heavy atom. The highest BCUT2D eigenvalue weighted by Crippen LogP contribution is 2.21. The summed E-state index contributed by atoms with van der Waals surface area (Å²) >= 11 is -1.79. The van der Waals surface area contributed by atoms with Gasteiger partial charge in [0.2, 0.25) is 0 Å². The summed E-state index contributed by atoms with van der Waals surface area (Å²) in [6, 6.07) is 12.4. The minimum Gasteiger partial charge on any atom is -0.338 e. The lowest BCUT2D eigenvalue weighted by Gasteiger charge is -2.10. The number of rotatable bonds is 7. The molecule has 13 heteroatoms. The topological polar surface area (TPSA) is 147 Å². The minimum atomic E-state index is -4.10. The van der Waals surface area contributed by atoms with Crippen LogP contribution in [0, 0.1) is 13.8 Å². The molecule has 2 aromatic carbocycles. The average molecular weight is 492 g/mol. The van der Waals surface area contributed by atoms with Gasteiger partial charge in [-0.05, 0) is 38.1 Å². The first kappa shape index (κ1) is 22.4. The third-order valence-corrected chi connectivity index (χ3v) is 10.0. The summed E-state index contributed by atoms with van der Waals surface area (Å²) in [6.45, 7) is 3.67. The Hall–Kier alpha value is -2.84. The summed E-state index contributed by atoms with van der Waals surface area (Å²) in [5.41, 5.74) is 2.36. The molecule has 2 aromatic heterocycles. The van der Waals surface area contributed by atoms with Gasteiger partial charge in [0, 0.05) is 8.25 Å². The first-order valence-corrected chi connectivity index (χ1v) is 13.4. The molecule has 10 nitrogen and oxygen atoms in total. The maximum Gasteiger partial charge on any atom is 0.321 e. The fourth-order valence-corrected chi connectivity index (χ4v) is 7.84. The summed E-state index contributed by atoms with van der Waals surface area (Å²) in [6.07, 6.45) is 2.56. The van der Waals surface area contributed by atoms with Crippen LogP contribution in [0.2, 0.25) is 0 Å². The van der Waals surface area contributed by atoms with Crippen LogP contribution >= 0.6 is 0 Å². The second-order valence-corrected chi connectivity index (χ2v) is 12.2. The minimum absolute atomic E-state index is 0.00922. The zero-order valence-electron chi connectivity index (χ0n) is 17.0. The van der Waals surface area contributed by atoms with Gasteiger partial charge < -0.3 is 4.98 Å². The van der Waals surface area contributed by atoms with E-state index in [1.165, 1.54) is 36.9 Å². The number of imidazole rings is 1. The molecule has 0 bridgehead atoms. The van der Waals surface area contributed by atoms with Gasteiger partial charge in [-0.25, -0.2) is 26.8 Å². The highest BCUT2D eigenvalue weighted by Gasteiger charge is 2.40. The molecule has 0 unspecified atom stereocenters.